The van der Waals surface area contributed by atoms with Crippen molar-refractivity contribution in [2.24, 2.45) is 7.05 Å². The third-order valence-corrected chi connectivity index (χ3v) is 4.29. The van der Waals surface area contributed by atoms with Crippen LogP contribution in [0.4, 0.5) is 0 Å². The predicted molar refractivity (Wildman–Crippen MR) is 74.5 cm³/mol. The summed E-state index contributed by atoms with van der Waals surface area (Å²) in [5.74, 6) is 0. The van der Waals surface area contributed by atoms with E-state index in [1.807, 2.05) is 11.3 Å². The molecule has 0 radical (unpaired) electrons. The molecule has 0 saturated carbocycles. The van der Waals surface area contributed by atoms with Gasteiger partial charge in [-0.3, -0.25) is 0 Å². The molecule has 0 aliphatic heterocycles. The number of thiophene rings is 1. The molecule has 0 atom stereocenters. The fraction of sp³-hybridized carbons (Fsp3) is 0.429. The zero-order chi connectivity index (χ0) is 12.4. The van der Waals surface area contributed by atoms with Gasteiger partial charge < -0.3 is 9.88 Å². The first-order valence-electron chi connectivity index (χ1n) is 5.95. The van der Waals surface area contributed by atoms with E-state index in [-0.39, 0.29) is 0 Å². The van der Waals surface area contributed by atoms with E-state index >= 15 is 0 Å². The van der Waals surface area contributed by atoms with Crippen molar-refractivity contribution in [2.45, 2.75) is 33.9 Å². The van der Waals surface area contributed by atoms with Crippen LogP contribution in [0.25, 0.3) is 0 Å². The van der Waals surface area contributed by atoms with Gasteiger partial charge in [0.15, 0.2) is 0 Å². The molecule has 0 aliphatic carbocycles. The van der Waals surface area contributed by atoms with Crippen LogP contribution in [0.15, 0.2) is 18.2 Å². The van der Waals surface area contributed by atoms with Crippen LogP contribution in [0.2, 0.25) is 0 Å². The minimum Gasteiger partial charge on any atom is -0.352 e. The third kappa shape index (κ3) is 2.79. The Balaban J connectivity index is 1.92. The monoisotopic (exact) mass is 248 g/mol. The zero-order valence-corrected chi connectivity index (χ0v) is 11.8. The van der Waals surface area contributed by atoms with Crippen LogP contribution in [0, 0.1) is 20.8 Å². The molecule has 0 unspecified atom stereocenters. The molecule has 2 aromatic heterocycles. The lowest BCUT2D eigenvalue weighted by molar-refractivity contribution is 0.694. The molecule has 0 amide bonds. The van der Waals surface area contributed by atoms with E-state index in [4.69, 9.17) is 0 Å². The van der Waals surface area contributed by atoms with Gasteiger partial charge in [-0.25, -0.2) is 0 Å². The van der Waals surface area contributed by atoms with Gasteiger partial charge >= 0.3 is 0 Å². The van der Waals surface area contributed by atoms with E-state index in [0.29, 0.717) is 0 Å². The molecule has 0 bridgehead atoms. The first-order valence-corrected chi connectivity index (χ1v) is 6.77. The first kappa shape index (κ1) is 12.4. The molecular formula is C14H20N2S. The Morgan fingerprint density at radius 3 is 2.47 bits per heavy atom. The van der Waals surface area contributed by atoms with Crippen molar-refractivity contribution in [1.29, 1.82) is 0 Å². The zero-order valence-electron chi connectivity index (χ0n) is 11.0. The van der Waals surface area contributed by atoms with Gasteiger partial charge in [0.05, 0.1) is 0 Å². The van der Waals surface area contributed by atoms with E-state index in [1.54, 1.807) is 0 Å². The molecule has 0 aliphatic rings. The van der Waals surface area contributed by atoms with Gasteiger partial charge in [-0.1, -0.05) is 0 Å². The van der Waals surface area contributed by atoms with E-state index in [9.17, 15) is 0 Å². The quantitative estimate of drug-likeness (QED) is 0.878. The van der Waals surface area contributed by atoms with E-state index in [2.05, 4.69) is 55.9 Å². The number of aryl methyl sites for hydroxylation is 2. The highest BCUT2D eigenvalue weighted by Crippen LogP contribution is 2.16. The summed E-state index contributed by atoms with van der Waals surface area (Å²) in [5, 5.41) is 3.51. The standard InChI is InChI=1S/C14H20N2S/c1-10-7-13(12(3)16(10)4)8-15-9-14-6-5-11(2)17-14/h5-7,15H,8-9H2,1-4H3. The second-order valence-electron chi connectivity index (χ2n) is 4.57. The molecule has 2 heterocycles. The summed E-state index contributed by atoms with van der Waals surface area (Å²) in [6, 6.07) is 6.65. The molecule has 17 heavy (non-hydrogen) atoms. The van der Waals surface area contributed by atoms with Gasteiger partial charge in [0.25, 0.3) is 0 Å². The summed E-state index contributed by atoms with van der Waals surface area (Å²) < 4.78 is 2.24. The van der Waals surface area contributed by atoms with Crippen LogP contribution in [-0.4, -0.2) is 4.57 Å². The van der Waals surface area contributed by atoms with Gasteiger partial charge in [-0.05, 0) is 44.5 Å². The average molecular weight is 248 g/mol. The Labute approximate surface area is 107 Å². The van der Waals surface area contributed by atoms with Crippen molar-refractivity contribution < 1.29 is 0 Å². The number of aromatic nitrogens is 1. The molecule has 2 rings (SSSR count). The lowest BCUT2D eigenvalue weighted by atomic mass is 10.2. The minimum absolute atomic E-state index is 0.949. The van der Waals surface area contributed by atoms with Gasteiger partial charge in [-0.2, -0.15) is 0 Å². The fourth-order valence-electron chi connectivity index (χ4n) is 2.01. The summed E-state index contributed by atoms with van der Waals surface area (Å²) >= 11 is 1.87. The summed E-state index contributed by atoms with van der Waals surface area (Å²) in [6.45, 7) is 8.40. The highest BCUT2D eigenvalue weighted by atomic mass is 32.1. The van der Waals surface area contributed by atoms with Crippen molar-refractivity contribution in [3.05, 3.63) is 44.9 Å². The molecule has 0 saturated heterocycles. The Hall–Kier alpha value is -1.06. The topological polar surface area (TPSA) is 17.0 Å². The largest absolute Gasteiger partial charge is 0.352 e. The molecular weight excluding hydrogens is 228 g/mol. The maximum atomic E-state index is 3.51. The van der Waals surface area contributed by atoms with Gasteiger partial charge in [0.1, 0.15) is 0 Å². The smallest absolute Gasteiger partial charge is 0.0303 e. The lowest BCUT2D eigenvalue weighted by Gasteiger charge is -2.04. The number of rotatable bonds is 4. The lowest BCUT2D eigenvalue weighted by Crippen LogP contribution is -2.12. The molecule has 3 heteroatoms. The number of hydrogen-bond donors (Lipinski definition) is 1. The predicted octanol–water partition coefficient (Wildman–Crippen LogP) is 3.30. The van der Waals surface area contributed by atoms with Crippen molar-refractivity contribution in [3.63, 3.8) is 0 Å². The van der Waals surface area contributed by atoms with Gasteiger partial charge in [-0.15, -0.1) is 11.3 Å². The Bertz CT molecular complexity index is 508. The van der Waals surface area contributed by atoms with Crippen LogP contribution in [0.1, 0.15) is 26.7 Å². The van der Waals surface area contributed by atoms with Crippen LogP contribution >= 0.6 is 11.3 Å². The van der Waals surface area contributed by atoms with Crippen LogP contribution in [-0.2, 0) is 20.1 Å². The van der Waals surface area contributed by atoms with E-state index in [1.165, 1.54) is 26.7 Å². The second-order valence-corrected chi connectivity index (χ2v) is 5.94. The second kappa shape index (κ2) is 5.07. The summed E-state index contributed by atoms with van der Waals surface area (Å²) in [4.78, 5) is 2.79. The third-order valence-electron chi connectivity index (χ3n) is 3.29. The highest BCUT2D eigenvalue weighted by molar-refractivity contribution is 7.11. The van der Waals surface area contributed by atoms with Crippen LogP contribution in [0.3, 0.4) is 0 Å². The molecule has 2 nitrogen and oxygen atoms in total. The molecule has 0 aromatic carbocycles. The van der Waals surface area contributed by atoms with E-state index < -0.39 is 0 Å². The first-order chi connectivity index (χ1) is 8.08. The molecule has 1 N–H and O–H groups in total. The van der Waals surface area contributed by atoms with Gasteiger partial charge in [0.2, 0.25) is 0 Å². The molecule has 92 valence electrons. The number of nitrogens with zero attached hydrogens (tertiary/aromatic N) is 1. The maximum Gasteiger partial charge on any atom is 0.0303 e. The van der Waals surface area contributed by atoms with Crippen molar-refractivity contribution >= 4 is 11.3 Å². The summed E-state index contributed by atoms with van der Waals surface area (Å²) in [5.41, 5.74) is 4.09. The van der Waals surface area contributed by atoms with E-state index in [0.717, 1.165) is 13.1 Å². The minimum atomic E-state index is 0.949. The van der Waals surface area contributed by atoms with Gasteiger partial charge in [0, 0.05) is 41.3 Å². The maximum absolute atomic E-state index is 3.51. The molecule has 0 spiro atoms. The average Bonchev–Trinajstić information content (AvgIpc) is 2.80. The number of hydrogen-bond acceptors (Lipinski definition) is 2. The Morgan fingerprint density at radius 2 is 1.94 bits per heavy atom. The number of nitrogens with one attached hydrogen (secondary N) is 1. The van der Waals surface area contributed by atoms with Crippen molar-refractivity contribution in [2.75, 3.05) is 0 Å². The van der Waals surface area contributed by atoms with Crippen LogP contribution < -0.4 is 5.32 Å². The molecule has 0 fully saturated rings. The van der Waals surface area contributed by atoms with Crippen LogP contribution in [0.5, 0.6) is 0 Å². The normalized spacial score (nSPS) is 11.1. The Morgan fingerprint density at radius 1 is 1.18 bits per heavy atom. The Kier molecular flexibility index (Phi) is 3.69. The summed E-state index contributed by atoms with van der Waals surface area (Å²) in [7, 11) is 2.12. The van der Waals surface area contributed by atoms with Crippen molar-refractivity contribution in [3.8, 4) is 0 Å². The highest BCUT2D eigenvalue weighted by Gasteiger charge is 2.05. The summed E-state index contributed by atoms with van der Waals surface area (Å²) in [6.07, 6.45) is 0. The van der Waals surface area contributed by atoms with Crippen molar-refractivity contribution in [1.82, 2.24) is 9.88 Å². The molecule has 2 aromatic rings. The fourth-order valence-corrected chi connectivity index (χ4v) is 2.87. The SMILES string of the molecule is Cc1ccc(CNCc2cc(C)n(C)c2C)s1.